The molecule has 0 aliphatic carbocycles. The molecule has 0 aliphatic rings. The third kappa shape index (κ3) is 2.53. The fourth-order valence-corrected chi connectivity index (χ4v) is 2.91. The topological polar surface area (TPSA) is 92.5 Å². The highest BCUT2D eigenvalue weighted by molar-refractivity contribution is 6.30. The highest BCUT2D eigenvalue weighted by Gasteiger charge is 2.15. The van der Waals surface area contributed by atoms with Crippen LogP contribution in [0.1, 0.15) is 5.69 Å². The normalized spacial score (nSPS) is 11.3. The number of hydrogen-bond donors (Lipinski definition) is 0. The second-order valence-electron chi connectivity index (χ2n) is 5.88. The molecule has 0 unspecified atom stereocenters. The minimum atomic E-state index is -0.415. The fraction of sp³-hybridized carbons (Fsp3) is 0.188. The molecule has 0 radical (unpaired) electrons. The number of fused-ring (bicyclic) bond motifs is 1. The molecule has 4 rings (SSSR count). The molecule has 0 saturated carbocycles. The molecule has 3 heterocycles. The van der Waals surface area contributed by atoms with Crippen molar-refractivity contribution < 1.29 is 0 Å². The molecule has 0 spiro atoms. The number of hydrogen-bond acceptors (Lipinski definition) is 5. The molecule has 4 aromatic rings. The zero-order valence-corrected chi connectivity index (χ0v) is 14.8. The maximum atomic E-state index is 12.5. The Kier molecular flexibility index (Phi) is 3.73. The molecule has 3 aromatic heterocycles. The van der Waals surface area contributed by atoms with Gasteiger partial charge in [-0.1, -0.05) is 16.8 Å². The Morgan fingerprint density at radius 1 is 1.08 bits per heavy atom. The molecule has 0 bridgehead atoms. The first-order valence-electron chi connectivity index (χ1n) is 7.73. The van der Waals surface area contributed by atoms with Gasteiger partial charge in [-0.3, -0.25) is 13.9 Å². The lowest BCUT2D eigenvalue weighted by atomic mass is 10.3. The summed E-state index contributed by atoms with van der Waals surface area (Å²) >= 11 is 5.89. The van der Waals surface area contributed by atoms with Crippen molar-refractivity contribution in [2.75, 3.05) is 0 Å². The summed E-state index contributed by atoms with van der Waals surface area (Å²) in [7, 11) is 3.02. The molecule has 0 atom stereocenters. The molecular formula is C16H14ClN7O2. The van der Waals surface area contributed by atoms with Crippen LogP contribution >= 0.6 is 11.6 Å². The number of benzene rings is 1. The Bertz CT molecular complexity index is 1230. The van der Waals surface area contributed by atoms with E-state index >= 15 is 0 Å². The average molecular weight is 372 g/mol. The number of aryl methyl sites for hydroxylation is 1. The van der Waals surface area contributed by atoms with Crippen molar-refractivity contribution in [3.63, 3.8) is 0 Å². The van der Waals surface area contributed by atoms with Crippen molar-refractivity contribution in [2.24, 2.45) is 14.1 Å². The van der Waals surface area contributed by atoms with E-state index in [9.17, 15) is 9.59 Å². The van der Waals surface area contributed by atoms with Gasteiger partial charge in [0.05, 0.1) is 24.8 Å². The number of rotatable bonds is 3. The van der Waals surface area contributed by atoms with Gasteiger partial charge in [0.25, 0.3) is 5.56 Å². The van der Waals surface area contributed by atoms with Gasteiger partial charge < -0.3 is 4.57 Å². The quantitative estimate of drug-likeness (QED) is 0.529. The van der Waals surface area contributed by atoms with Gasteiger partial charge >= 0.3 is 5.69 Å². The molecule has 0 fully saturated rings. The van der Waals surface area contributed by atoms with Crippen LogP contribution in [-0.4, -0.2) is 33.7 Å². The SMILES string of the molecule is Cn1c(=O)c2c(ncn2Cc2cn(-c3ccc(Cl)cc3)nn2)n(C)c1=O. The van der Waals surface area contributed by atoms with Crippen LogP contribution in [0.25, 0.3) is 16.9 Å². The Hall–Kier alpha value is -3.20. The van der Waals surface area contributed by atoms with Crippen LogP contribution in [0.5, 0.6) is 0 Å². The van der Waals surface area contributed by atoms with Crippen molar-refractivity contribution in [3.05, 3.63) is 68.3 Å². The van der Waals surface area contributed by atoms with Gasteiger partial charge in [0.1, 0.15) is 5.69 Å². The van der Waals surface area contributed by atoms with Crippen LogP contribution < -0.4 is 11.2 Å². The summed E-state index contributed by atoms with van der Waals surface area (Å²) in [4.78, 5) is 28.7. The third-order valence-electron chi connectivity index (χ3n) is 4.18. The molecule has 0 N–H and O–H groups in total. The van der Waals surface area contributed by atoms with E-state index in [1.165, 1.54) is 17.9 Å². The van der Waals surface area contributed by atoms with Crippen molar-refractivity contribution in [3.8, 4) is 5.69 Å². The molecule has 1 aromatic carbocycles. The smallest absolute Gasteiger partial charge is 0.318 e. The van der Waals surface area contributed by atoms with Gasteiger partial charge in [0.15, 0.2) is 11.2 Å². The fourth-order valence-electron chi connectivity index (χ4n) is 2.78. The zero-order valence-electron chi connectivity index (χ0n) is 14.0. The summed E-state index contributed by atoms with van der Waals surface area (Å²) in [5.74, 6) is 0. The van der Waals surface area contributed by atoms with E-state index < -0.39 is 11.2 Å². The predicted octanol–water partition coefficient (Wildman–Crippen LogP) is 0.716. The second-order valence-corrected chi connectivity index (χ2v) is 6.32. The van der Waals surface area contributed by atoms with Crippen molar-refractivity contribution in [2.45, 2.75) is 6.54 Å². The lowest BCUT2D eigenvalue weighted by molar-refractivity contribution is 0.700. The summed E-state index contributed by atoms with van der Waals surface area (Å²) in [6.45, 7) is 0.303. The monoisotopic (exact) mass is 371 g/mol. The van der Waals surface area contributed by atoms with Crippen LogP contribution in [-0.2, 0) is 20.6 Å². The van der Waals surface area contributed by atoms with Gasteiger partial charge in [-0.25, -0.2) is 14.5 Å². The Labute approximate surface area is 151 Å². The third-order valence-corrected chi connectivity index (χ3v) is 4.43. The Morgan fingerprint density at radius 3 is 2.54 bits per heavy atom. The molecule has 0 saturated heterocycles. The van der Waals surface area contributed by atoms with Gasteiger partial charge in [-0.05, 0) is 24.3 Å². The maximum Gasteiger partial charge on any atom is 0.332 e. The number of nitrogens with zero attached hydrogens (tertiary/aromatic N) is 7. The van der Waals surface area contributed by atoms with E-state index in [0.717, 1.165) is 10.3 Å². The predicted molar refractivity (Wildman–Crippen MR) is 95.7 cm³/mol. The highest BCUT2D eigenvalue weighted by Crippen LogP contribution is 2.13. The van der Waals surface area contributed by atoms with E-state index in [1.807, 2.05) is 12.1 Å². The lowest BCUT2D eigenvalue weighted by Gasteiger charge is -2.05. The van der Waals surface area contributed by atoms with E-state index in [2.05, 4.69) is 15.3 Å². The average Bonchev–Trinajstić information content (AvgIpc) is 3.26. The minimum absolute atomic E-state index is 0.303. The van der Waals surface area contributed by atoms with Gasteiger partial charge in [0.2, 0.25) is 0 Å². The van der Waals surface area contributed by atoms with Gasteiger partial charge in [-0.2, -0.15) is 0 Å². The van der Waals surface area contributed by atoms with E-state index in [1.54, 1.807) is 34.6 Å². The molecule has 0 aliphatic heterocycles. The van der Waals surface area contributed by atoms with Crippen molar-refractivity contribution >= 4 is 22.8 Å². The van der Waals surface area contributed by atoms with E-state index in [4.69, 9.17) is 11.6 Å². The standard InChI is InChI=1S/C16H14ClN7O2/c1-21-14-13(15(25)22(2)16(21)26)23(9-18-14)7-11-8-24(20-19-11)12-5-3-10(17)4-6-12/h3-6,8-9H,7H2,1-2H3. The van der Waals surface area contributed by atoms with Crippen molar-refractivity contribution in [1.82, 2.24) is 33.7 Å². The first kappa shape index (κ1) is 16.3. The van der Waals surface area contributed by atoms with Crippen molar-refractivity contribution in [1.29, 1.82) is 0 Å². The van der Waals surface area contributed by atoms with Crippen LogP contribution in [0.15, 0.2) is 46.4 Å². The van der Waals surface area contributed by atoms with Crippen LogP contribution in [0, 0.1) is 0 Å². The largest absolute Gasteiger partial charge is 0.332 e. The summed E-state index contributed by atoms with van der Waals surface area (Å²) in [5, 5.41) is 8.88. The molecule has 10 heteroatoms. The van der Waals surface area contributed by atoms with E-state index in [0.29, 0.717) is 28.4 Å². The van der Waals surface area contributed by atoms with Crippen LogP contribution in [0.2, 0.25) is 5.02 Å². The first-order valence-corrected chi connectivity index (χ1v) is 8.11. The minimum Gasteiger partial charge on any atom is -0.318 e. The molecule has 0 amide bonds. The van der Waals surface area contributed by atoms with Crippen LogP contribution in [0.4, 0.5) is 0 Å². The number of halogens is 1. The summed E-state index contributed by atoms with van der Waals surface area (Å²) < 4.78 is 5.69. The zero-order chi connectivity index (χ0) is 18.4. The molecule has 9 nitrogen and oxygen atoms in total. The molecule has 26 heavy (non-hydrogen) atoms. The first-order chi connectivity index (χ1) is 12.5. The summed E-state index contributed by atoms with van der Waals surface area (Å²) in [5.41, 5.74) is 1.34. The van der Waals surface area contributed by atoms with Gasteiger partial charge in [-0.15, -0.1) is 5.10 Å². The Balaban J connectivity index is 1.74. The second kappa shape index (κ2) is 5.95. The highest BCUT2D eigenvalue weighted by atomic mass is 35.5. The lowest BCUT2D eigenvalue weighted by Crippen LogP contribution is -2.37. The number of aromatic nitrogens is 7. The van der Waals surface area contributed by atoms with Gasteiger partial charge in [0, 0.05) is 19.1 Å². The summed E-state index contributed by atoms with van der Waals surface area (Å²) in [6, 6.07) is 7.20. The molecular weight excluding hydrogens is 358 g/mol. The van der Waals surface area contributed by atoms with Crippen LogP contribution in [0.3, 0.4) is 0 Å². The summed E-state index contributed by atoms with van der Waals surface area (Å²) in [6.07, 6.45) is 3.29. The van der Waals surface area contributed by atoms with E-state index in [-0.39, 0.29) is 0 Å². The Morgan fingerprint density at radius 2 is 1.81 bits per heavy atom. The number of imidazole rings is 1. The maximum absolute atomic E-state index is 12.5. The molecule has 132 valence electrons.